The summed E-state index contributed by atoms with van der Waals surface area (Å²) in [4.78, 5) is 0. The van der Waals surface area contributed by atoms with Crippen molar-refractivity contribution in [1.82, 2.24) is 13.5 Å². The summed E-state index contributed by atoms with van der Waals surface area (Å²) in [5.41, 5.74) is 9.58. The molecule has 0 atom stereocenters. The highest BCUT2D eigenvalue weighted by Gasteiger charge is 2.16. The van der Waals surface area contributed by atoms with Crippen LogP contribution < -0.4 is 0 Å². The highest BCUT2D eigenvalue weighted by atomic mass is 15.1. The van der Waals surface area contributed by atoms with Gasteiger partial charge in [0.15, 0.2) is 0 Å². The van der Waals surface area contributed by atoms with E-state index < -0.39 is 0 Å². The lowest BCUT2D eigenvalue weighted by molar-refractivity contribution is 1.12. The first kappa shape index (κ1) is 18.6. The molecule has 0 saturated heterocycles. The van der Waals surface area contributed by atoms with Crippen LogP contribution in [0.2, 0.25) is 0 Å². The lowest BCUT2D eigenvalue weighted by Gasteiger charge is -2.12. The second-order valence-electron chi connectivity index (χ2n) is 9.11. The van der Waals surface area contributed by atoms with Gasteiger partial charge in [0.1, 0.15) is 5.65 Å². The van der Waals surface area contributed by atoms with Crippen molar-refractivity contribution in [2.45, 2.75) is 0 Å². The van der Waals surface area contributed by atoms with E-state index in [0.29, 0.717) is 0 Å². The molecule has 0 fully saturated rings. The Kier molecular flexibility index (Phi) is 3.66. The molecule has 0 unspecified atom stereocenters. The fraction of sp³-hybridized carbons (Fsp3) is 0. The van der Waals surface area contributed by atoms with Gasteiger partial charge in [-0.2, -0.15) is 0 Å². The first-order valence-electron chi connectivity index (χ1n) is 12.0. The summed E-state index contributed by atoms with van der Waals surface area (Å²) < 4.78 is 7.14. The Balaban J connectivity index is 1.46. The van der Waals surface area contributed by atoms with Crippen LogP contribution in [0.5, 0.6) is 0 Å². The van der Waals surface area contributed by atoms with Crippen molar-refractivity contribution < 1.29 is 0 Å². The monoisotopic (exact) mass is 447 g/mol. The Morgan fingerprint density at radius 2 is 0.914 bits per heavy atom. The zero-order valence-corrected chi connectivity index (χ0v) is 19.0. The van der Waals surface area contributed by atoms with Crippen LogP contribution in [0.1, 0.15) is 0 Å². The molecule has 3 nitrogen and oxygen atoms in total. The molecule has 0 radical (unpaired) electrons. The molecular weight excluding hydrogens is 426 g/mol. The van der Waals surface area contributed by atoms with Gasteiger partial charge in [0, 0.05) is 27.5 Å². The van der Waals surface area contributed by atoms with Crippen molar-refractivity contribution in [2.24, 2.45) is 0 Å². The summed E-state index contributed by atoms with van der Waals surface area (Å²) >= 11 is 0. The summed E-state index contributed by atoms with van der Waals surface area (Å²) in [5, 5.41) is 3.81. The Morgan fingerprint density at radius 1 is 0.371 bits per heavy atom. The normalized spacial score (nSPS) is 12.0. The first-order chi connectivity index (χ1) is 17.4. The fourth-order valence-corrected chi connectivity index (χ4v) is 5.77. The van der Waals surface area contributed by atoms with Crippen molar-refractivity contribution in [2.75, 3.05) is 0 Å². The van der Waals surface area contributed by atoms with Crippen LogP contribution in [-0.4, -0.2) is 13.5 Å². The minimum Gasteiger partial charge on any atom is -0.309 e. The summed E-state index contributed by atoms with van der Waals surface area (Å²) in [6.07, 6.45) is 0. The van der Waals surface area contributed by atoms with Gasteiger partial charge in [0.05, 0.1) is 27.6 Å². The van der Waals surface area contributed by atoms with Gasteiger partial charge in [-0.15, -0.1) is 0 Å². The van der Waals surface area contributed by atoms with Crippen LogP contribution in [0.3, 0.4) is 0 Å². The van der Waals surface area contributed by atoms with Crippen LogP contribution in [0.25, 0.3) is 60.8 Å². The number of rotatable bonds is 2. The van der Waals surface area contributed by atoms with Gasteiger partial charge in [-0.1, -0.05) is 72.8 Å². The number of nitrogens with zero attached hydrogens (tertiary/aromatic N) is 3. The molecule has 35 heavy (non-hydrogen) atoms. The van der Waals surface area contributed by atoms with Gasteiger partial charge in [-0.3, -0.25) is 8.97 Å². The van der Waals surface area contributed by atoms with Crippen LogP contribution in [0.4, 0.5) is 0 Å². The summed E-state index contributed by atoms with van der Waals surface area (Å²) in [6, 6.07) is 45.8. The smallest absolute Gasteiger partial charge is 0.123 e. The standard InChI is InChI=1S/C32H21N3/c1-4-15-27-22(10-1)20-32-34(30-18-7-8-19-31(30)35(27)32)24-12-9-11-23(21-24)33-28-16-5-2-13-25(28)26-14-3-6-17-29(26)33/h1-21H. The number of imidazole rings is 1. The van der Waals surface area contributed by atoms with E-state index >= 15 is 0 Å². The average molecular weight is 448 g/mol. The predicted molar refractivity (Wildman–Crippen MR) is 146 cm³/mol. The van der Waals surface area contributed by atoms with E-state index in [2.05, 4.69) is 141 Å². The van der Waals surface area contributed by atoms with Crippen LogP contribution in [-0.2, 0) is 0 Å². The van der Waals surface area contributed by atoms with Crippen molar-refractivity contribution in [3.8, 4) is 11.4 Å². The molecule has 8 aromatic rings. The lowest BCUT2D eigenvalue weighted by atomic mass is 10.2. The van der Waals surface area contributed by atoms with Crippen LogP contribution >= 0.6 is 0 Å². The Bertz CT molecular complexity index is 2010. The SMILES string of the molecule is c1cc(-n2c3ccccc3c3ccccc32)cc(-n2c3ccccc3n3c4ccccc4cc23)c1. The van der Waals surface area contributed by atoms with Crippen molar-refractivity contribution in [1.29, 1.82) is 0 Å². The molecule has 0 N–H and O–H groups in total. The minimum atomic E-state index is 1.15. The highest BCUT2D eigenvalue weighted by Crippen LogP contribution is 2.34. The zero-order chi connectivity index (χ0) is 22.9. The van der Waals surface area contributed by atoms with Gasteiger partial charge < -0.3 is 4.57 Å². The van der Waals surface area contributed by atoms with Gasteiger partial charge in [0.25, 0.3) is 0 Å². The average Bonchev–Trinajstić information content (AvgIpc) is 3.55. The van der Waals surface area contributed by atoms with E-state index in [1.54, 1.807) is 0 Å². The largest absolute Gasteiger partial charge is 0.309 e. The molecule has 0 aliphatic rings. The molecule has 0 amide bonds. The number of fused-ring (bicyclic) bond motifs is 8. The zero-order valence-electron chi connectivity index (χ0n) is 19.0. The van der Waals surface area contributed by atoms with Crippen molar-refractivity contribution in [3.05, 3.63) is 127 Å². The highest BCUT2D eigenvalue weighted by molar-refractivity contribution is 6.09. The fourth-order valence-electron chi connectivity index (χ4n) is 5.77. The van der Waals surface area contributed by atoms with E-state index in [1.807, 2.05) is 0 Å². The predicted octanol–water partition coefficient (Wildman–Crippen LogP) is 8.13. The Hall–Kier alpha value is -4.76. The molecule has 0 aliphatic carbocycles. The Morgan fingerprint density at radius 3 is 1.63 bits per heavy atom. The maximum absolute atomic E-state index is 2.38. The molecular formula is C32H21N3. The van der Waals surface area contributed by atoms with Gasteiger partial charge in [0.2, 0.25) is 0 Å². The van der Waals surface area contributed by atoms with Gasteiger partial charge in [-0.25, -0.2) is 0 Å². The number of hydrogen-bond donors (Lipinski definition) is 0. The van der Waals surface area contributed by atoms with Crippen LogP contribution in [0.15, 0.2) is 127 Å². The number of hydrogen-bond acceptors (Lipinski definition) is 0. The molecule has 0 aliphatic heterocycles. The van der Waals surface area contributed by atoms with E-state index in [0.717, 1.165) is 11.4 Å². The lowest BCUT2D eigenvalue weighted by Crippen LogP contribution is -1.98. The molecule has 3 heterocycles. The second kappa shape index (κ2) is 6.87. The molecule has 3 heteroatoms. The number of aromatic nitrogens is 3. The quantitative estimate of drug-likeness (QED) is 0.254. The Labute approximate surface area is 201 Å². The third-order valence-electron chi connectivity index (χ3n) is 7.21. The summed E-state index contributed by atoms with van der Waals surface area (Å²) in [7, 11) is 0. The molecule has 3 aromatic heterocycles. The topological polar surface area (TPSA) is 14.3 Å². The van der Waals surface area contributed by atoms with E-state index in [-0.39, 0.29) is 0 Å². The molecule has 0 spiro atoms. The molecule has 164 valence electrons. The molecule has 8 rings (SSSR count). The maximum Gasteiger partial charge on any atom is 0.123 e. The van der Waals surface area contributed by atoms with E-state index in [1.165, 1.54) is 49.4 Å². The molecule has 5 aromatic carbocycles. The first-order valence-corrected chi connectivity index (χ1v) is 12.0. The maximum atomic E-state index is 2.38. The van der Waals surface area contributed by atoms with Gasteiger partial charge in [-0.05, 0) is 54.6 Å². The van der Waals surface area contributed by atoms with Crippen molar-refractivity contribution in [3.63, 3.8) is 0 Å². The third-order valence-corrected chi connectivity index (χ3v) is 7.21. The molecule has 0 bridgehead atoms. The number of para-hydroxylation sites is 5. The van der Waals surface area contributed by atoms with Gasteiger partial charge >= 0.3 is 0 Å². The van der Waals surface area contributed by atoms with E-state index in [9.17, 15) is 0 Å². The van der Waals surface area contributed by atoms with Crippen molar-refractivity contribution >= 4 is 49.4 Å². The second-order valence-corrected chi connectivity index (χ2v) is 9.11. The van der Waals surface area contributed by atoms with E-state index in [4.69, 9.17) is 0 Å². The third kappa shape index (κ3) is 2.50. The van der Waals surface area contributed by atoms with Crippen LogP contribution in [0, 0.1) is 0 Å². The minimum absolute atomic E-state index is 1.15. The number of benzene rings is 5. The summed E-state index contributed by atoms with van der Waals surface area (Å²) in [6.45, 7) is 0. The summed E-state index contributed by atoms with van der Waals surface area (Å²) in [5.74, 6) is 0. The molecule has 0 saturated carbocycles.